The molecular weight excluding hydrogens is 363 g/mol. The van der Waals surface area contributed by atoms with Gasteiger partial charge in [0.1, 0.15) is 5.82 Å². The third-order valence-electron chi connectivity index (χ3n) is 3.51. The van der Waals surface area contributed by atoms with E-state index in [0.29, 0.717) is 6.54 Å². The van der Waals surface area contributed by atoms with E-state index in [1.54, 1.807) is 0 Å². The Morgan fingerprint density at radius 1 is 1.30 bits per heavy atom. The van der Waals surface area contributed by atoms with Gasteiger partial charge in [-0.2, -0.15) is 0 Å². The van der Waals surface area contributed by atoms with Crippen molar-refractivity contribution in [2.45, 2.75) is 13.5 Å². The van der Waals surface area contributed by atoms with Crippen LogP contribution in [0.4, 0.5) is 4.39 Å². The van der Waals surface area contributed by atoms with Gasteiger partial charge in [0.05, 0.1) is 19.8 Å². The Morgan fingerprint density at radius 3 is 2.78 bits per heavy atom. The zero-order valence-electron chi connectivity index (χ0n) is 13.4. The number of rotatable bonds is 6. The Balaban J connectivity index is 1.83. The standard InChI is InChI=1S/C16H24BrFN4O/c1-2-19-16(20-3-4-22-5-7-23-8-6-22)21-12-13-9-14(17)11-15(18)10-13/h9-11H,2-8,12H2,1H3,(H2,19,20,21). The van der Waals surface area contributed by atoms with Crippen LogP contribution in [0.5, 0.6) is 0 Å². The monoisotopic (exact) mass is 386 g/mol. The Labute approximate surface area is 145 Å². The van der Waals surface area contributed by atoms with Crippen molar-refractivity contribution in [2.75, 3.05) is 45.9 Å². The third kappa shape index (κ3) is 6.85. The number of benzene rings is 1. The van der Waals surface area contributed by atoms with Crippen LogP contribution in [0.1, 0.15) is 12.5 Å². The quantitative estimate of drug-likeness (QED) is 0.579. The minimum Gasteiger partial charge on any atom is -0.379 e. The lowest BCUT2D eigenvalue weighted by Crippen LogP contribution is -2.44. The van der Waals surface area contributed by atoms with Crippen molar-refractivity contribution in [2.24, 2.45) is 4.99 Å². The molecule has 7 heteroatoms. The van der Waals surface area contributed by atoms with Gasteiger partial charge < -0.3 is 15.4 Å². The molecule has 0 unspecified atom stereocenters. The average Bonchev–Trinajstić information content (AvgIpc) is 2.53. The summed E-state index contributed by atoms with van der Waals surface area (Å²) < 4.78 is 19.5. The molecule has 1 heterocycles. The van der Waals surface area contributed by atoms with E-state index < -0.39 is 0 Å². The lowest BCUT2D eigenvalue weighted by molar-refractivity contribution is 0.0389. The van der Waals surface area contributed by atoms with Gasteiger partial charge in [-0.1, -0.05) is 15.9 Å². The highest BCUT2D eigenvalue weighted by atomic mass is 79.9. The zero-order chi connectivity index (χ0) is 16.5. The molecule has 1 aromatic rings. The van der Waals surface area contributed by atoms with Gasteiger partial charge in [0.25, 0.3) is 0 Å². The van der Waals surface area contributed by atoms with Crippen molar-refractivity contribution < 1.29 is 9.13 Å². The largest absolute Gasteiger partial charge is 0.379 e. The van der Waals surface area contributed by atoms with Crippen LogP contribution in [0, 0.1) is 5.82 Å². The Hall–Kier alpha value is -1.18. The molecule has 0 spiro atoms. The van der Waals surface area contributed by atoms with E-state index in [1.165, 1.54) is 12.1 Å². The topological polar surface area (TPSA) is 48.9 Å². The fraction of sp³-hybridized carbons (Fsp3) is 0.562. The molecule has 0 bridgehead atoms. The molecule has 2 N–H and O–H groups in total. The summed E-state index contributed by atoms with van der Waals surface area (Å²) in [7, 11) is 0. The molecule has 0 saturated carbocycles. The van der Waals surface area contributed by atoms with Crippen LogP contribution < -0.4 is 10.6 Å². The summed E-state index contributed by atoms with van der Waals surface area (Å²) in [6.07, 6.45) is 0. The highest BCUT2D eigenvalue weighted by Gasteiger charge is 2.09. The maximum atomic E-state index is 13.4. The number of nitrogens with zero attached hydrogens (tertiary/aromatic N) is 2. The average molecular weight is 387 g/mol. The fourth-order valence-electron chi connectivity index (χ4n) is 2.37. The second-order valence-corrected chi connectivity index (χ2v) is 6.27. The van der Waals surface area contributed by atoms with Crippen LogP contribution in [0.25, 0.3) is 0 Å². The first kappa shape index (κ1) is 18.2. The minimum absolute atomic E-state index is 0.255. The summed E-state index contributed by atoms with van der Waals surface area (Å²) in [5.41, 5.74) is 0.835. The highest BCUT2D eigenvalue weighted by Crippen LogP contribution is 2.15. The normalized spacial score (nSPS) is 16.4. The second kappa shape index (κ2) is 9.85. The molecule has 0 aromatic heterocycles. The van der Waals surface area contributed by atoms with Crippen molar-refractivity contribution in [3.05, 3.63) is 34.1 Å². The molecule has 23 heavy (non-hydrogen) atoms. The first-order chi connectivity index (χ1) is 11.2. The molecule has 1 aromatic carbocycles. The first-order valence-electron chi connectivity index (χ1n) is 7.94. The van der Waals surface area contributed by atoms with Crippen LogP contribution >= 0.6 is 15.9 Å². The Kier molecular flexibility index (Phi) is 7.78. The van der Waals surface area contributed by atoms with Crippen LogP contribution in [-0.2, 0) is 11.3 Å². The summed E-state index contributed by atoms with van der Waals surface area (Å²) in [6.45, 7) is 8.60. The van der Waals surface area contributed by atoms with Gasteiger partial charge in [-0.05, 0) is 30.7 Å². The Bertz CT molecular complexity index is 501. The number of aliphatic imine (C=N–C) groups is 1. The van der Waals surface area contributed by atoms with Crippen LogP contribution in [0.3, 0.4) is 0 Å². The third-order valence-corrected chi connectivity index (χ3v) is 3.97. The van der Waals surface area contributed by atoms with E-state index in [1.807, 2.05) is 13.0 Å². The molecule has 0 atom stereocenters. The molecule has 128 valence electrons. The van der Waals surface area contributed by atoms with Crippen molar-refractivity contribution in [3.63, 3.8) is 0 Å². The van der Waals surface area contributed by atoms with Crippen molar-refractivity contribution in [1.82, 2.24) is 15.5 Å². The van der Waals surface area contributed by atoms with Gasteiger partial charge in [0.15, 0.2) is 5.96 Å². The molecule has 2 rings (SSSR count). The highest BCUT2D eigenvalue weighted by molar-refractivity contribution is 9.10. The number of guanidine groups is 1. The zero-order valence-corrected chi connectivity index (χ0v) is 15.0. The van der Waals surface area contributed by atoms with E-state index in [-0.39, 0.29) is 5.82 Å². The molecule has 1 saturated heterocycles. The van der Waals surface area contributed by atoms with E-state index >= 15 is 0 Å². The van der Waals surface area contributed by atoms with Crippen molar-refractivity contribution >= 4 is 21.9 Å². The maximum absolute atomic E-state index is 13.4. The number of hydrogen-bond donors (Lipinski definition) is 2. The van der Waals surface area contributed by atoms with Crippen LogP contribution in [0.15, 0.2) is 27.7 Å². The molecule has 0 amide bonds. The summed E-state index contributed by atoms with van der Waals surface area (Å²) in [5.74, 6) is 0.496. The van der Waals surface area contributed by atoms with E-state index in [0.717, 1.165) is 61.9 Å². The number of morpholine rings is 1. The summed E-state index contributed by atoms with van der Waals surface area (Å²) in [5, 5.41) is 6.53. The molecule has 0 aliphatic carbocycles. The smallest absolute Gasteiger partial charge is 0.191 e. The van der Waals surface area contributed by atoms with Gasteiger partial charge in [-0.25, -0.2) is 9.38 Å². The molecule has 0 radical (unpaired) electrons. The molecule has 1 fully saturated rings. The molecular formula is C16H24BrFN4O. The number of halogens is 2. The Morgan fingerprint density at radius 2 is 2.09 bits per heavy atom. The van der Waals surface area contributed by atoms with Gasteiger partial charge >= 0.3 is 0 Å². The van der Waals surface area contributed by atoms with Crippen molar-refractivity contribution in [1.29, 1.82) is 0 Å². The minimum atomic E-state index is -0.255. The van der Waals surface area contributed by atoms with Crippen LogP contribution in [0.2, 0.25) is 0 Å². The molecule has 1 aliphatic heterocycles. The molecule has 5 nitrogen and oxygen atoms in total. The van der Waals surface area contributed by atoms with Gasteiger partial charge in [-0.15, -0.1) is 0 Å². The van der Waals surface area contributed by atoms with Gasteiger partial charge in [0, 0.05) is 37.2 Å². The lowest BCUT2D eigenvalue weighted by atomic mass is 10.2. The first-order valence-corrected chi connectivity index (χ1v) is 8.74. The fourth-order valence-corrected chi connectivity index (χ4v) is 2.88. The predicted octanol–water partition coefficient (Wildman–Crippen LogP) is 1.98. The van der Waals surface area contributed by atoms with Gasteiger partial charge in [-0.3, -0.25) is 4.90 Å². The summed E-state index contributed by atoms with van der Waals surface area (Å²) in [4.78, 5) is 6.88. The van der Waals surface area contributed by atoms with Crippen molar-refractivity contribution in [3.8, 4) is 0 Å². The van der Waals surface area contributed by atoms with E-state index in [2.05, 4.69) is 36.5 Å². The predicted molar refractivity (Wildman–Crippen MR) is 94.2 cm³/mol. The molecule has 1 aliphatic rings. The van der Waals surface area contributed by atoms with E-state index in [9.17, 15) is 4.39 Å². The summed E-state index contributed by atoms with van der Waals surface area (Å²) >= 11 is 3.30. The number of nitrogens with one attached hydrogen (secondary N) is 2. The van der Waals surface area contributed by atoms with Crippen LogP contribution in [-0.4, -0.2) is 56.8 Å². The second-order valence-electron chi connectivity index (χ2n) is 5.35. The number of hydrogen-bond acceptors (Lipinski definition) is 3. The maximum Gasteiger partial charge on any atom is 0.191 e. The lowest BCUT2D eigenvalue weighted by Gasteiger charge is -2.26. The number of ether oxygens (including phenoxy) is 1. The van der Waals surface area contributed by atoms with E-state index in [4.69, 9.17) is 4.74 Å². The SMILES string of the molecule is CCNC(=NCc1cc(F)cc(Br)c1)NCCN1CCOCC1. The van der Waals surface area contributed by atoms with Gasteiger partial charge in [0.2, 0.25) is 0 Å². The summed E-state index contributed by atoms with van der Waals surface area (Å²) in [6, 6.07) is 4.83.